The van der Waals surface area contributed by atoms with Gasteiger partial charge in [-0.05, 0) is 60.7 Å². The predicted octanol–water partition coefficient (Wildman–Crippen LogP) is 5.12. The molecule has 1 fully saturated rings. The summed E-state index contributed by atoms with van der Waals surface area (Å²) in [6.07, 6.45) is 4.90. The Labute approximate surface area is 140 Å². The topological polar surface area (TPSA) is 38.7 Å². The number of halogens is 1. The lowest BCUT2D eigenvalue weighted by molar-refractivity contribution is 0.0516. The summed E-state index contributed by atoms with van der Waals surface area (Å²) in [5.74, 6) is -0.472. The minimum atomic E-state index is -0.472. The normalized spacial score (nSPS) is 17.6. The predicted molar refractivity (Wildman–Crippen MR) is 92.6 cm³/mol. The second-order valence-electron chi connectivity index (χ2n) is 5.36. The van der Waals surface area contributed by atoms with Gasteiger partial charge in [-0.1, -0.05) is 47.1 Å². The van der Waals surface area contributed by atoms with Gasteiger partial charge < -0.3 is 4.84 Å². The molecule has 0 saturated heterocycles. The van der Waals surface area contributed by atoms with Crippen LogP contribution in [0.5, 0.6) is 0 Å². The minimum absolute atomic E-state index is 0.435. The van der Waals surface area contributed by atoms with E-state index in [-0.39, 0.29) is 0 Å². The maximum atomic E-state index is 12.0. The lowest BCUT2D eigenvalue weighted by Crippen LogP contribution is -2.03. The van der Waals surface area contributed by atoms with Crippen LogP contribution in [-0.2, 0) is 4.84 Å². The number of benzene rings is 2. The summed E-state index contributed by atoms with van der Waals surface area (Å²) in [4.78, 5) is 17.1. The van der Waals surface area contributed by atoms with Crippen molar-refractivity contribution in [3.63, 3.8) is 0 Å². The van der Waals surface area contributed by atoms with Crippen molar-refractivity contribution in [3.8, 4) is 0 Å². The fraction of sp³-hybridized carbons (Fsp3) is 0.158. The Morgan fingerprint density at radius 3 is 2.52 bits per heavy atom. The maximum absolute atomic E-state index is 12.0. The highest BCUT2D eigenvalue weighted by atomic mass is 35.5. The summed E-state index contributed by atoms with van der Waals surface area (Å²) in [6, 6.07) is 16.6. The third kappa shape index (κ3) is 4.08. The van der Waals surface area contributed by atoms with E-state index in [0.717, 1.165) is 36.1 Å². The van der Waals surface area contributed by atoms with Gasteiger partial charge >= 0.3 is 5.97 Å². The Morgan fingerprint density at radius 2 is 1.78 bits per heavy atom. The van der Waals surface area contributed by atoms with E-state index in [1.165, 1.54) is 0 Å². The molecule has 3 rings (SSSR count). The van der Waals surface area contributed by atoms with E-state index < -0.39 is 5.97 Å². The Bertz CT molecular complexity index is 749. The minimum Gasteiger partial charge on any atom is -0.313 e. The molecular formula is C19H16ClNO2. The van der Waals surface area contributed by atoms with Crippen LogP contribution in [-0.4, -0.2) is 11.7 Å². The Balaban J connectivity index is 1.72. The fourth-order valence-electron chi connectivity index (χ4n) is 2.50. The van der Waals surface area contributed by atoms with Crippen LogP contribution in [0, 0.1) is 0 Å². The van der Waals surface area contributed by atoms with Crippen molar-refractivity contribution in [3.05, 3.63) is 76.3 Å². The Kier molecular flexibility index (Phi) is 4.89. The number of rotatable bonds is 3. The molecule has 0 atom stereocenters. The van der Waals surface area contributed by atoms with Gasteiger partial charge in [0.2, 0.25) is 0 Å². The van der Waals surface area contributed by atoms with Gasteiger partial charge in [-0.2, -0.15) is 0 Å². The van der Waals surface area contributed by atoms with Crippen LogP contribution in [0.1, 0.15) is 35.2 Å². The highest BCUT2D eigenvalue weighted by Gasteiger charge is 2.17. The van der Waals surface area contributed by atoms with Gasteiger partial charge in [0, 0.05) is 5.02 Å². The Hall–Kier alpha value is -2.39. The van der Waals surface area contributed by atoms with Gasteiger partial charge in [-0.3, -0.25) is 0 Å². The number of nitrogens with zero attached hydrogens (tertiary/aromatic N) is 1. The van der Waals surface area contributed by atoms with Gasteiger partial charge in [0.05, 0.1) is 11.3 Å². The fourth-order valence-corrected chi connectivity index (χ4v) is 2.62. The van der Waals surface area contributed by atoms with Gasteiger partial charge in [-0.25, -0.2) is 4.79 Å². The molecule has 0 aromatic heterocycles. The monoisotopic (exact) mass is 325 g/mol. The van der Waals surface area contributed by atoms with Gasteiger partial charge in [0.1, 0.15) is 0 Å². The van der Waals surface area contributed by atoms with Gasteiger partial charge in [0.25, 0.3) is 0 Å². The largest absolute Gasteiger partial charge is 0.365 e. The van der Waals surface area contributed by atoms with Crippen molar-refractivity contribution >= 4 is 29.4 Å². The lowest BCUT2D eigenvalue weighted by Gasteiger charge is -2.02. The molecule has 1 aliphatic carbocycles. The van der Waals surface area contributed by atoms with E-state index in [4.69, 9.17) is 16.4 Å². The van der Waals surface area contributed by atoms with Crippen LogP contribution in [0.25, 0.3) is 6.08 Å². The van der Waals surface area contributed by atoms with Gasteiger partial charge in [-0.15, -0.1) is 0 Å². The average molecular weight is 326 g/mol. The highest BCUT2D eigenvalue weighted by molar-refractivity contribution is 6.30. The molecule has 0 radical (unpaired) electrons. The summed E-state index contributed by atoms with van der Waals surface area (Å²) in [6.45, 7) is 0. The second kappa shape index (κ2) is 7.25. The number of allylic oxidation sites excluding steroid dienone is 1. The molecule has 116 valence electrons. The lowest BCUT2D eigenvalue weighted by atomic mass is 10.1. The molecule has 2 aromatic rings. The number of hydrogen-bond donors (Lipinski definition) is 0. The third-order valence-corrected chi connectivity index (χ3v) is 3.94. The van der Waals surface area contributed by atoms with E-state index in [2.05, 4.69) is 11.2 Å². The molecule has 0 bridgehead atoms. The summed E-state index contributed by atoms with van der Waals surface area (Å²) in [5, 5.41) is 4.65. The van der Waals surface area contributed by atoms with Gasteiger partial charge in [0.15, 0.2) is 0 Å². The number of hydrogen-bond acceptors (Lipinski definition) is 3. The van der Waals surface area contributed by atoms with Crippen LogP contribution in [0.2, 0.25) is 5.02 Å². The summed E-state index contributed by atoms with van der Waals surface area (Å²) in [7, 11) is 0. The molecule has 0 unspecified atom stereocenters. The average Bonchev–Trinajstić information content (AvgIpc) is 3.01. The van der Waals surface area contributed by atoms with E-state index in [0.29, 0.717) is 10.6 Å². The van der Waals surface area contributed by atoms with Crippen LogP contribution < -0.4 is 0 Å². The summed E-state index contributed by atoms with van der Waals surface area (Å²) in [5.41, 5.74) is 3.53. The van der Waals surface area contributed by atoms with E-state index in [1.807, 2.05) is 30.3 Å². The smallest absolute Gasteiger partial charge is 0.313 e. The molecule has 4 heteroatoms. The first-order chi connectivity index (χ1) is 11.2. The molecule has 23 heavy (non-hydrogen) atoms. The van der Waals surface area contributed by atoms with Crippen molar-refractivity contribution in [2.24, 2.45) is 5.16 Å². The molecule has 3 nitrogen and oxygen atoms in total. The van der Waals surface area contributed by atoms with Crippen molar-refractivity contribution < 1.29 is 9.63 Å². The van der Waals surface area contributed by atoms with E-state index in [1.54, 1.807) is 24.3 Å². The molecule has 0 N–H and O–H groups in total. The molecule has 0 spiro atoms. The van der Waals surface area contributed by atoms with Crippen LogP contribution in [0.3, 0.4) is 0 Å². The standard InChI is InChI=1S/C19H16ClNO2/c20-17-11-9-15(10-12-17)19(22)23-21-18-8-4-7-16(18)13-14-5-2-1-3-6-14/h1-3,5-6,9-13H,4,7-8H2/b16-13+,21-18-. The molecule has 0 heterocycles. The van der Waals surface area contributed by atoms with Crippen molar-refractivity contribution in [1.82, 2.24) is 0 Å². The SMILES string of the molecule is O=C(O/N=C1/CCC/C1=C\c1ccccc1)c1ccc(Cl)cc1. The van der Waals surface area contributed by atoms with Crippen LogP contribution in [0.4, 0.5) is 0 Å². The summed E-state index contributed by atoms with van der Waals surface area (Å²) < 4.78 is 0. The highest BCUT2D eigenvalue weighted by Crippen LogP contribution is 2.24. The van der Waals surface area contributed by atoms with Crippen molar-refractivity contribution in [1.29, 1.82) is 0 Å². The zero-order valence-electron chi connectivity index (χ0n) is 12.5. The quantitative estimate of drug-likeness (QED) is 0.580. The number of carbonyl (C=O) groups excluding carboxylic acids is 1. The molecule has 1 aliphatic rings. The zero-order chi connectivity index (χ0) is 16.1. The molecular weight excluding hydrogens is 310 g/mol. The zero-order valence-corrected chi connectivity index (χ0v) is 13.3. The third-order valence-electron chi connectivity index (χ3n) is 3.69. The van der Waals surface area contributed by atoms with E-state index in [9.17, 15) is 4.79 Å². The molecule has 1 saturated carbocycles. The number of oxime groups is 1. The molecule has 2 aromatic carbocycles. The molecule has 0 amide bonds. The first-order valence-electron chi connectivity index (χ1n) is 7.52. The first kappa shape index (κ1) is 15.5. The molecule has 0 aliphatic heterocycles. The summed E-state index contributed by atoms with van der Waals surface area (Å²) >= 11 is 5.81. The maximum Gasteiger partial charge on any atom is 0.365 e. The van der Waals surface area contributed by atoms with Crippen LogP contribution >= 0.6 is 11.6 Å². The van der Waals surface area contributed by atoms with Crippen molar-refractivity contribution in [2.45, 2.75) is 19.3 Å². The van der Waals surface area contributed by atoms with E-state index >= 15 is 0 Å². The second-order valence-corrected chi connectivity index (χ2v) is 5.79. The first-order valence-corrected chi connectivity index (χ1v) is 7.90. The number of carbonyl (C=O) groups is 1. The van der Waals surface area contributed by atoms with Crippen molar-refractivity contribution in [2.75, 3.05) is 0 Å². The van der Waals surface area contributed by atoms with Crippen LogP contribution in [0.15, 0.2) is 65.3 Å². The Morgan fingerprint density at radius 1 is 1.04 bits per heavy atom.